The van der Waals surface area contributed by atoms with E-state index in [0.717, 1.165) is 4.47 Å². The van der Waals surface area contributed by atoms with Gasteiger partial charge in [0.25, 0.3) is 11.8 Å². The summed E-state index contributed by atoms with van der Waals surface area (Å²) in [6.45, 7) is -0.397. The number of nitrogens with two attached hydrogens (primary N) is 1. The van der Waals surface area contributed by atoms with Crippen molar-refractivity contribution >= 4 is 45.3 Å². The minimum Gasteiger partial charge on any atom is -0.493 e. The van der Waals surface area contributed by atoms with Gasteiger partial charge in [-0.2, -0.15) is 0 Å². The predicted molar refractivity (Wildman–Crippen MR) is 114 cm³/mol. The van der Waals surface area contributed by atoms with Gasteiger partial charge in [-0.3, -0.25) is 14.4 Å². The first-order valence-corrected chi connectivity index (χ1v) is 9.84. The first-order valence-electron chi connectivity index (χ1n) is 8.67. The van der Waals surface area contributed by atoms with Gasteiger partial charge in [-0.1, -0.05) is 39.7 Å². The van der Waals surface area contributed by atoms with E-state index in [4.69, 9.17) is 31.5 Å². The van der Waals surface area contributed by atoms with Crippen molar-refractivity contribution in [2.24, 2.45) is 5.73 Å². The average molecular weight is 500 g/mol. The molecular formula is C20H20BrClN2O6. The molecule has 2 rings (SSSR count). The lowest BCUT2D eigenvalue weighted by Gasteiger charge is -2.19. The molecule has 0 saturated heterocycles. The van der Waals surface area contributed by atoms with Gasteiger partial charge in [0, 0.05) is 10.0 Å². The second-order valence-electron chi connectivity index (χ2n) is 6.11. The fourth-order valence-corrected chi connectivity index (χ4v) is 3.28. The Morgan fingerprint density at radius 3 is 2.53 bits per heavy atom. The summed E-state index contributed by atoms with van der Waals surface area (Å²) < 4.78 is 16.0. The maximum Gasteiger partial charge on any atom is 0.307 e. The normalized spacial score (nSPS) is 11.3. The molecule has 2 aromatic rings. The Labute approximate surface area is 186 Å². The number of carbonyl (C=O) groups excluding carboxylic acids is 3. The lowest BCUT2D eigenvalue weighted by atomic mass is 10.0. The molecule has 2 aromatic carbocycles. The van der Waals surface area contributed by atoms with Crippen LogP contribution in [-0.2, 0) is 14.3 Å². The molecule has 3 N–H and O–H groups in total. The third-order valence-corrected chi connectivity index (χ3v) is 4.78. The Balaban J connectivity index is 2.31. The molecule has 10 heteroatoms. The molecule has 0 bridgehead atoms. The minimum absolute atomic E-state index is 0.0627. The van der Waals surface area contributed by atoms with E-state index in [0.29, 0.717) is 5.56 Å². The number of carbonyl (C=O) groups is 3. The molecule has 0 aliphatic heterocycles. The molecule has 1 unspecified atom stereocenters. The van der Waals surface area contributed by atoms with Crippen molar-refractivity contribution in [2.75, 3.05) is 20.8 Å². The van der Waals surface area contributed by atoms with E-state index in [-0.39, 0.29) is 28.5 Å². The number of amides is 2. The van der Waals surface area contributed by atoms with Crippen LogP contribution in [0.4, 0.5) is 0 Å². The van der Waals surface area contributed by atoms with Crippen LogP contribution in [-0.4, -0.2) is 38.6 Å². The Morgan fingerprint density at radius 2 is 1.93 bits per heavy atom. The molecule has 30 heavy (non-hydrogen) atoms. The van der Waals surface area contributed by atoms with E-state index in [1.54, 1.807) is 18.2 Å². The number of rotatable bonds is 9. The van der Waals surface area contributed by atoms with Gasteiger partial charge in [0.1, 0.15) is 0 Å². The van der Waals surface area contributed by atoms with E-state index < -0.39 is 30.4 Å². The monoisotopic (exact) mass is 498 g/mol. The van der Waals surface area contributed by atoms with Gasteiger partial charge in [-0.05, 0) is 29.8 Å². The number of primary amides is 1. The van der Waals surface area contributed by atoms with Crippen molar-refractivity contribution in [3.05, 3.63) is 57.0 Å². The fraction of sp³-hybridized carbons (Fsp3) is 0.250. The van der Waals surface area contributed by atoms with Gasteiger partial charge in [0.2, 0.25) is 0 Å². The van der Waals surface area contributed by atoms with Crippen molar-refractivity contribution in [1.29, 1.82) is 0 Å². The third-order valence-electron chi connectivity index (χ3n) is 4.01. The summed E-state index contributed by atoms with van der Waals surface area (Å²) in [7, 11) is 2.64. The van der Waals surface area contributed by atoms with Crippen LogP contribution in [0.2, 0.25) is 5.02 Å². The average Bonchev–Trinajstić information content (AvgIpc) is 2.71. The molecule has 0 saturated carbocycles. The Kier molecular flexibility index (Phi) is 8.49. The molecule has 0 radical (unpaired) electrons. The standard InChI is InChI=1S/C20H20BrClN2O6/c1-28-16-8-12(7-14(22)19(16)30-10-17(23)25)20(27)24-15(9-18(26)29-2)11-4-3-5-13(21)6-11/h3-8,15H,9-10H2,1-2H3,(H2,23,25)(H,24,27). The topological polar surface area (TPSA) is 117 Å². The second kappa shape index (κ2) is 10.8. The second-order valence-corrected chi connectivity index (χ2v) is 7.43. The number of esters is 1. The zero-order valence-corrected chi connectivity index (χ0v) is 18.6. The van der Waals surface area contributed by atoms with Crippen LogP contribution in [0.3, 0.4) is 0 Å². The third kappa shape index (κ3) is 6.36. The highest BCUT2D eigenvalue weighted by atomic mass is 79.9. The number of methoxy groups -OCH3 is 2. The summed E-state index contributed by atoms with van der Waals surface area (Å²) in [5.74, 6) is -1.42. The molecular weight excluding hydrogens is 480 g/mol. The molecule has 0 fully saturated rings. The van der Waals surface area contributed by atoms with Gasteiger partial charge < -0.3 is 25.3 Å². The van der Waals surface area contributed by atoms with Crippen LogP contribution in [0.5, 0.6) is 11.5 Å². The summed E-state index contributed by atoms with van der Waals surface area (Å²) in [5, 5.41) is 2.86. The Hall–Kier alpha value is -2.78. The number of hydrogen-bond donors (Lipinski definition) is 2. The lowest BCUT2D eigenvalue weighted by molar-refractivity contribution is -0.141. The van der Waals surface area contributed by atoms with E-state index in [1.807, 2.05) is 6.07 Å². The summed E-state index contributed by atoms with van der Waals surface area (Å²) in [6.07, 6.45) is -0.0661. The van der Waals surface area contributed by atoms with Crippen LogP contribution in [0.15, 0.2) is 40.9 Å². The van der Waals surface area contributed by atoms with Crippen molar-refractivity contribution in [2.45, 2.75) is 12.5 Å². The van der Waals surface area contributed by atoms with Crippen molar-refractivity contribution in [3.8, 4) is 11.5 Å². The highest BCUT2D eigenvalue weighted by molar-refractivity contribution is 9.10. The summed E-state index contributed by atoms with van der Waals surface area (Å²) in [6, 6.07) is 9.34. The van der Waals surface area contributed by atoms with Gasteiger partial charge in [-0.15, -0.1) is 0 Å². The molecule has 0 aliphatic rings. The zero-order chi connectivity index (χ0) is 22.3. The van der Waals surface area contributed by atoms with Crippen LogP contribution >= 0.6 is 27.5 Å². The number of halogens is 2. The minimum atomic E-state index is -0.686. The number of ether oxygens (including phenoxy) is 3. The van der Waals surface area contributed by atoms with Crippen molar-refractivity contribution < 1.29 is 28.6 Å². The maximum absolute atomic E-state index is 12.9. The number of benzene rings is 2. The van der Waals surface area contributed by atoms with E-state index in [9.17, 15) is 14.4 Å². The van der Waals surface area contributed by atoms with Crippen LogP contribution in [0.25, 0.3) is 0 Å². The number of hydrogen-bond acceptors (Lipinski definition) is 6. The van der Waals surface area contributed by atoms with Gasteiger partial charge in [0.15, 0.2) is 18.1 Å². The Bertz CT molecular complexity index is 953. The first-order chi connectivity index (χ1) is 14.2. The molecule has 0 aromatic heterocycles. The fourth-order valence-electron chi connectivity index (χ4n) is 2.60. The van der Waals surface area contributed by atoms with Gasteiger partial charge in [0.05, 0.1) is 31.7 Å². The van der Waals surface area contributed by atoms with Crippen molar-refractivity contribution in [3.63, 3.8) is 0 Å². The van der Waals surface area contributed by atoms with Crippen LogP contribution in [0.1, 0.15) is 28.4 Å². The highest BCUT2D eigenvalue weighted by Crippen LogP contribution is 2.36. The van der Waals surface area contributed by atoms with Crippen molar-refractivity contribution in [1.82, 2.24) is 5.32 Å². The zero-order valence-electron chi connectivity index (χ0n) is 16.2. The summed E-state index contributed by atoms with van der Waals surface area (Å²) >= 11 is 9.58. The van der Waals surface area contributed by atoms with Gasteiger partial charge >= 0.3 is 5.97 Å². The van der Waals surface area contributed by atoms with Gasteiger partial charge in [-0.25, -0.2) is 0 Å². The highest BCUT2D eigenvalue weighted by Gasteiger charge is 2.22. The summed E-state index contributed by atoms with van der Waals surface area (Å²) in [4.78, 5) is 35.7. The summed E-state index contributed by atoms with van der Waals surface area (Å²) in [5.41, 5.74) is 5.96. The maximum atomic E-state index is 12.9. The lowest BCUT2D eigenvalue weighted by Crippen LogP contribution is -2.30. The van der Waals surface area contributed by atoms with Crippen LogP contribution < -0.4 is 20.5 Å². The largest absolute Gasteiger partial charge is 0.493 e. The van der Waals surface area contributed by atoms with Crippen LogP contribution in [0, 0.1) is 0 Å². The van der Waals surface area contributed by atoms with E-state index >= 15 is 0 Å². The quantitative estimate of drug-likeness (QED) is 0.512. The molecule has 0 heterocycles. The molecule has 160 valence electrons. The first kappa shape index (κ1) is 23.5. The number of nitrogens with one attached hydrogen (secondary N) is 1. The molecule has 8 nitrogen and oxygen atoms in total. The van der Waals surface area contributed by atoms with E-state index in [2.05, 4.69) is 21.2 Å². The Morgan fingerprint density at radius 1 is 1.20 bits per heavy atom. The molecule has 0 spiro atoms. The predicted octanol–water partition coefficient (Wildman–Crippen LogP) is 3.01. The molecule has 0 aliphatic carbocycles. The van der Waals surface area contributed by atoms with E-state index in [1.165, 1.54) is 26.4 Å². The SMILES string of the molecule is COC(=O)CC(NC(=O)c1cc(Cl)c(OCC(N)=O)c(OC)c1)c1cccc(Br)c1. The molecule has 2 amide bonds. The smallest absolute Gasteiger partial charge is 0.307 e. The molecule has 1 atom stereocenters.